The number of aliphatic hydroxyl groups is 1. The molecule has 2 aromatic rings. The molecule has 5 nitrogen and oxygen atoms in total. The van der Waals surface area contributed by atoms with Crippen LogP contribution in [0.3, 0.4) is 0 Å². The van der Waals surface area contributed by atoms with E-state index in [4.69, 9.17) is 16.7 Å². The lowest BCUT2D eigenvalue weighted by atomic mass is 9.96. The first-order chi connectivity index (χ1) is 12.1. The summed E-state index contributed by atoms with van der Waals surface area (Å²) in [6, 6.07) is 12.5. The largest absolute Gasteiger partial charge is 0.395 e. The minimum Gasteiger partial charge on any atom is -0.395 e. The van der Waals surface area contributed by atoms with Crippen molar-refractivity contribution in [3.05, 3.63) is 69.7 Å². The number of nitrogens with zero attached hydrogens (tertiary/aromatic N) is 1. The molecule has 2 amide bonds. The van der Waals surface area contributed by atoms with Gasteiger partial charge in [-0.3, -0.25) is 9.59 Å². The summed E-state index contributed by atoms with van der Waals surface area (Å²) in [5, 5.41) is 12.6. The van der Waals surface area contributed by atoms with Gasteiger partial charge >= 0.3 is 0 Å². The zero-order valence-corrected chi connectivity index (χ0v) is 14.4. The number of rotatable bonds is 5. The second-order valence-corrected chi connectivity index (χ2v) is 6.38. The predicted octanol–water partition coefficient (Wildman–Crippen LogP) is 2.26. The summed E-state index contributed by atoms with van der Waals surface area (Å²) in [6.07, 6.45) is 0.730. The summed E-state index contributed by atoms with van der Waals surface area (Å²) in [5.41, 5.74) is 2.88. The van der Waals surface area contributed by atoms with E-state index in [0.29, 0.717) is 35.8 Å². The van der Waals surface area contributed by atoms with Gasteiger partial charge in [0.05, 0.1) is 6.61 Å². The van der Waals surface area contributed by atoms with Crippen LogP contribution >= 0.6 is 11.6 Å². The van der Waals surface area contributed by atoms with Crippen LogP contribution in [0.1, 0.15) is 31.8 Å². The Morgan fingerprint density at radius 3 is 2.68 bits per heavy atom. The number of benzene rings is 2. The topological polar surface area (TPSA) is 69.6 Å². The summed E-state index contributed by atoms with van der Waals surface area (Å²) in [4.78, 5) is 26.5. The molecule has 0 radical (unpaired) electrons. The van der Waals surface area contributed by atoms with Gasteiger partial charge in [-0.15, -0.1) is 0 Å². The minimum absolute atomic E-state index is 0.0671. The summed E-state index contributed by atoms with van der Waals surface area (Å²) >= 11 is 5.85. The van der Waals surface area contributed by atoms with Gasteiger partial charge in [0.2, 0.25) is 0 Å². The molecule has 2 aromatic carbocycles. The average molecular weight is 359 g/mol. The van der Waals surface area contributed by atoms with Crippen LogP contribution < -0.4 is 5.32 Å². The van der Waals surface area contributed by atoms with E-state index >= 15 is 0 Å². The molecule has 130 valence electrons. The lowest BCUT2D eigenvalue weighted by Gasteiger charge is -2.28. The number of aliphatic hydroxyl groups excluding tert-OH is 1. The van der Waals surface area contributed by atoms with Crippen molar-refractivity contribution >= 4 is 23.4 Å². The van der Waals surface area contributed by atoms with Crippen LogP contribution in [0, 0.1) is 0 Å². The first-order valence-electron chi connectivity index (χ1n) is 8.14. The van der Waals surface area contributed by atoms with E-state index in [1.807, 2.05) is 18.2 Å². The first-order valence-corrected chi connectivity index (χ1v) is 8.52. The van der Waals surface area contributed by atoms with E-state index in [-0.39, 0.29) is 18.4 Å². The lowest BCUT2D eigenvalue weighted by Crippen LogP contribution is -2.39. The Bertz CT molecular complexity index is 790. The monoisotopic (exact) mass is 358 g/mol. The molecular formula is C19H19ClN2O3. The number of fused-ring (bicyclic) bond motifs is 1. The van der Waals surface area contributed by atoms with E-state index in [1.165, 1.54) is 0 Å². The quantitative estimate of drug-likeness (QED) is 0.861. The number of halogens is 1. The number of carbonyl (C=O) groups excluding carboxylic acids is 2. The molecule has 0 saturated heterocycles. The number of hydrogen-bond acceptors (Lipinski definition) is 3. The SMILES string of the molecule is O=C(NCc1ccc(Cl)cc1)c1ccc2c(c1)C(=O)N(CCO)CC2. The summed E-state index contributed by atoms with van der Waals surface area (Å²) in [5.74, 6) is -0.368. The molecule has 1 aliphatic heterocycles. The summed E-state index contributed by atoms with van der Waals surface area (Å²) in [7, 11) is 0. The van der Waals surface area contributed by atoms with E-state index in [0.717, 1.165) is 17.5 Å². The maximum absolute atomic E-state index is 12.5. The Labute approximate surface area is 151 Å². The van der Waals surface area contributed by atoms with Crippen LogP contribution in [0.4, 0.5) is 0 Å². The molecule has 0 saturated carbocycles. The van der Waals surface area contributed by atoms with Crippen LogP contribution in [0.15, 0.2) is 42.5 Å². The molecule has 0 bridgehead atoms. The fourth-order valence-electron chi connectivity index (χ4n) is 2.88. The Kier molecular flexibility index (Phi) is 5.36. The number of amides is 2. The fraction of sp³-hybridized carbons (Fsp3) is 0.263. The molecule has 1 aliphatic rings. The van der Waals surface area contributed by atoms with Crippen LogP contribution in [0.25, 0.3) is 0 Å². The highest BCUT2D eigenvalue weighted by Gasteiger charge is 2.24. The number of β-amino-alcohol motifs (C(OH)–C–C–N with tert-alkyl or cyclic N) is 1. The standard InChI is InChI=1S/C19H19ClN2O3/c20-16-5-1-13(2-6-16)12-21-18(24)15-4-3-14-7-8-22(9-10-23)19(25)17(14)11-15/h1-6,11,23H,7-10,12H2,(H,21,24). The highest BCUT2D eigenvalue weighted by atomic mass is 35.5. The maximum atomic E-state index is 12.5. The minimum atomic E-state index is -0.232. The van der Waals surface area contributed by atoms with Gasteiger partial charge in [-0.1, -0.05) is 29.8 Å². The number of carbonyl (C=O) groups is 2. The third-order valence-corrected chi connectivity index (χ3v) is 4.53. The molecule has 0 aromatic heterocycles. The number of hydrogen-bond donors (Lipinski definition) is 2. The van der Waals surface area contributed by atoms with Crippen molar-refractivity contribution in [2.45, 2.75) is 13.0 Å². The highest BCUT2D eigenvalue weighted by molar-refractivity contribution is 6.30. The van der Waals surface area contributed by atoms with Crippen molar-refractivity contribution in [3.8, 4) is 0 Å². The highest BCUT2D eigenvalue weighted by Crippen LogP contribution is 2.20. The second-order valence-electron chi connectivity index (χ2n) is 5.95. The molecule has 2 N–H and O–H groups in total. The average Bonchev–Trinajstić information content (AvgIpc) is 2.63. The molecule has 3 rings (SSSR count). The maximum Gasteiger partial charge on any atom is 0.254 e. The molecule has 6 heteroatoms. The first kappa shape index (κ1) is 17.5. The van der Waals surface area contributed by atoms with Crippen molar-refractivity contribution in [1.29, 1.82) is 0 Å². The van der Waals surface area contributed by atoms with Gasteiger partial charge in [0, 0.05) is 35.8 Å². The lowest BCUT2D eigenvalue weighted by molar-refractivity contribution is 0.0705. The van der Waals surface area contributed by atoms with Crippen LogP contribution in [0.5, 0.6) is 0 Å². The molecule has 0 spiro atoms. The Morgan fingerprint density at radius 2 is 1.96 bits per heavy atom. The van der Waals surface area contributed by atoms with Gasteiger partial charge < -0.3 is 15.3 Å². The van der Waals surface area contributed by atoms with Gasteiger partial charge in [-0.25, -0.2) is 0 Å². The summed E-state index contributed by atoms with van der Waals surface area (Å²) in [6.45, 7) is 1.22. The van der Waals surface area contributed by atoms with Gasteiger partial charge in [0.25, 0.3) is 11.8 Å². The van der Waals surface area contributed by atoms with Crippen molar-refractivity contribution in [2.24, 2.45) is 0 Å². The molecule has 1 heterocycles. The Balaban J connectivity index is 1.71. The third-order valence-electron chi connectivity index (χ3n) is 4.28. The van der Waals surface area contributed by atoms with Gasteiger partial charge in [-0.2, -0.15) is 0 Å². The predicted molar refractivity (Wildman–Crippen MR) is 95.8 cm³/mol. The van der Waals surface area contributed by atoms with E-state index in [9.17, 15) is 9.59 Å². The van der Waals surface area contributed by atoms with Crippen molar-refractivity contribution < 1.29 is 14.7 Å². The molecule has 0 aliphatic carbocycles. The van der Waals surface area contributed by atoms with Crippen LogP contribution in [0.2, 0.25) is 5.02 Å². The zero-order chi connectivity index (χ0) is 17.8. The van der Waals surface area contributed by atoms with Crippen molar-refractivity contribution in [1.82, 2.24) is 10.2 Å². The van der Waals surface area contributed by atoms with Gasteiger partial charge in [0.1, 0.15) is 0 Å². The molecule has 25 heavy (non-hydrogen) atoms. The third kappa shape index (κ3) is 4.00. The smallest absolute Gasteiger partial charge is 0.254 e. The molecular weight excluding hydrogens is 340 g/mol. The normalized spacial score (nSPS) is 13.5. The van der Waals surface area contributed by atoms with Crippen molar-refractivity contribution in [2.75, 3.05) is 19.7 Å². The van der Waals surface area contributed by atoms with Gasteiger partial charge in [0.15, 0.2) is 0 Å². The number of nitrogens with one attached hydrogen (secondary N) is 1. The van der Waals surface area contributed by atoms with E-state index in [1.54, 1.807) is 29.2 Å². The van der Waals surface area contributed by atoms with E-state index < -0.39 is 0 Å². The Morgan fingerprint density at radius 1 is 1.20 bits per heavy atom. The van der Waals surface area contributed by atoms with Crippen LogP contribution in [-0.2, 0) is 13.0 Å². The molecule has 0 unspecified atom stereocenters. The van der Waals surface area contributed by atoms with Crippen molar-refractivity contribution in [3.63, 3.8) is 0 Å². The van der Waals surface area contributed by atoms with Gasteiger partial charge in [-0.05, 0) is 41.8 Å². The Hall–Kier alpha value is -2.37. The molecule has 0 atom stereocenters. The second kappa shape index (κ2) is 7.68. The molecule has 0 fully saturated rings. The van der Waals surface area contributed by atoms with Crippen LogP contribution in [-0.4, -0.2) is 41.5 Å². The van der Waals surface area contributed by atoms with E-state index in [2.05, 4.69) is 5.32 Å². The zero-order valence-electron chi connectivity index (χ0n) is 13.7. The summed E-state index contributed by atoms with van der Waals surface area (Å²) < 4.78 is 0. The fourth-order valence-corrected chi connectivity index (χ4v) is 3.01.